The highest BCUT2D eigenvalue weighted by molar-refractivity contribution is 5.81. The van der Waals surface area contributed by atoms with Crippen LogP contribution < -0.4 is 0 Å². The van der Waals surface area contributed by atoms with Crippen molar-refractivity contribution in [1.29, 1.82) is 0 Å². The van der Waals surface area contributed by atoms with Gasteiger partial charge in [-0.05, 0) is 25.5 Å². The number of allylic oxidation sites excluding steroid dienone is 1. The third-order valence-electron chi connectivity index (χ3n) is 4.22. The van der Waals surface area contributed by atoms with Crippen LogP contribution in [0.3, 0.4) is 0 Å². The summed E-state index contributed by atoms with van der Waals surface area (Å²) in [6.45, 7) is 4.06. The lowest BCUT2D eigenvalue weighted by Gasteiger charge is -2.11. The number of hydrogen-bond donors (Lipinski definition) is 0. The first kappa shape index (κ1) is 15.3. The standard InChI is InChI=1S/C19H18N6/c1-4-16(14-9-21-19-20-7-8-25(19)12-14)17-5-6-18(23-13(17)2)15-10-22-24(3)11-15/h4-12H,1-3H3/b16-4-. The molecule has 0 aliphatic rings. The third-order valence-corrected chi connectivity index (χ3v) is 4.22. The van der Waals surface area contributed by atoms with Gasteiger partial charge < -0.3 is 0 Å². The molecule has 4 heterocycles. The van der Waals surface area contributed by atoms with Gasteiger partial charge in [-0.25, -0.2) is 9.97 Å². The summed E-state index contributed by atoms with van der Waals surface area (Å²) >= 11 is 0. The summed E-state index contributed by atoms with van der Waals surface area (Å²) in [4.78, 5) is 13.4. The smallest absolute Gasteiger partial charge is 0.233 e. The number of imidazole rings is 1. The van der Waals surface area contributed by atoms with Crippen molar-refractivity contribution in [3.63, 3.8) is 0 Å². The van der Waals surface area contributed by atoms with Crippen molar-refractivity contribution in [2.45, 2.75) is 13.8 Å². The van der Waals surface area contributed by atoms with E-state index in [1.165, 1.54) is 0 Å². The fourth-order valence-electron chi connectivity index (χ4n) is 2.99. The molecule has 6 heteroatoms. The monoisotopic (exact) mass is 330 g/mol. The van der Waals surface area contributed by atoms with Gasteiger partial charge in [-0.1, -0.05) is 12.1 Å². The van der Waals surface area contributed by atoms with Gasteiger partial charge in [-0.2, -0.15) is 5.10 Å². The summed E-state index contributed by atoms with van der Waals surface area (Å²) in [6.07, 6.45) is 13.4. The van der Waals surface area contributed by atoms with E-state index >= 15 is 0 Å². The van der Waals surface area contributed by atoms with Crippen LogP contribution in [-0.4, -0.2) is 29.1 Å². The summed E-state index contributed by atoms with van der Waals surface area (Å²) in [5.41, 5.74) is 6.14. The minimum absolute atomic E-state index is 0.695. The number of rotatable bonds is 3. The molecule has 0 amide bonds. The lowest BCUT2D eigenvalue weighted by molar-refractivity contribution is 0.768. The van der Waals surface area contributed by atoms with Crippen LogP contribution in [0.2, 0.25) is 0 Å². The Morgan fingerprint density at radius 2 is 2.00 bits per heavy atom. The second kappa shape index (κ2) is 5.98. The molecule has 6 nitrogen and oxygen atoms in total. The third kappa shape index (κ3) is 2.71. The Morgan fingerprint density at radius 3 is 2.72 bits per heavy atom. The lowest BCUT2D eigenvalue weighted by Crippen LogP contribution is -1.98. The summed E-state index contributed by atoms with van der Waals surface area (Å²) in [7, 11) is 1.90. The molecular weight excluding hydrogens is 312 g/mol. The molecule has 0 aromatic carbocycles. The molecule has 0 bridgehead atoms. The van der Waals surface area contributed by atoms with Gasteiger partial charge in [-0.3, -0.25) is 14.1 Å². The van der Waals surface area contributed by atoms with E-state index in [1.54, 1.807) is 10.9 Å². The number of hydrogen-bond acceptors (Lipinski definition) is 4. The van der Waals surface area contributed by atoms with Crippen LogP contribution in [-0.2, 0) is 7.05 Å². The van der Waals surface area contributed by atoms with Crippen LogP contribution in [0.5, 0.6) is 0 Å². The predicted octanol–water partition coefficient (Wildman–Crippen LogP) is 3.28. The molecule has 0 radical (unpaired) electrons. The topological polar surface area (TPSA) is 60.9 Å². The molecule has 0 aliphatic carbocycles. The Bertz CT molecular complexity index is 1090. The molecule has 0 unspecified atom stereocenters. The van der Waals surface area contributed by atoms with Crippen molar-refractivity contribution in [2.75, 3.05) is 0 Å². The van der Waals surface area contributed by atoms with E-state index in [9.17, 15) is 0 Å². The molecule has 0 aliphatic heterocycles. The largest absolute Gasteiger partial charge is 0.291 e. The number of aromatic nitrogens is 6. The molecule has 124 valence electrons. The SMILES string of the molecule is C/C=C(/c1cnc2nccn2c1)c1ccc(-c2cnn(C)c2)nc1C. The van der Waals surface area contributed by atoms with Crippen LogP contribution in [0.4, 0.5) is 0 Å². The summed E-state index contributed by atoms with van der Waals surface area (Å²) in [5.74, 6) is 0.695. The normalized spacial score (nSPS) is 12.0. The minimum atomic E-state index is 0.695. The first-order valence-corrected chi connectivity index (χ1v) is 8.08. The second-order valence-electron chi connectivity index (χ2n) is 5.91. The van der Waals surface area contributed by atoms with Crippen molar-refractivity contribution >= 4 is 11.4 Å². The van der Waals surface area contributed by atoms with Gasteiger partial charge in [0.15, 0.2) is 0 Å². The van der Waals surface area contributed by atoms with Gasteiger partial charge >= 0.3 is 0 Å². The molecule has 4 aromatic heterocycles. The molecule has 4 aromatic rings. The number of fused-ring (bicyclic) bond motifs is 1. The van der Waals surface area contributed by atoms with Crippen LogP contribution >= 0.6 is 0 Å². The zero-order valence-corrected chi connectivity index (χ0v) is 14.4. The van der Waals surface area contributed by atoms with E-state index in [2.05, 4.69) is 27.2 Å². The molecule has 0 atom stereocenters. The molecule has 0 N–H and O–H groups in total. The molecule has 0 spiro atoms. The van der Waals surface area contributed by atoms with Gasteiger partial charge in [0.05, 0.1) is 11.9 Å². The maximum atomic E-state index is 4.77. The zero-order chi connectivity index (χ0) is 17.4. The summed E-state index contributed by atoms with van der Waals surface area (Å²) in [6, 6.07) is 4.14. The average Bonchev–Trinajstić information content (AvgIpc) is 3.25. The zero-order valence-electron chi connectivity index (χ0n) is 14.4. The molecule has 0 fully saturated rings. The van der Waals surface area contributed by atoms with E-state index in [0.717, 1.165) is 33.7 Å². The van der Waals surface area contributed by atoms with Crippen molar-refractivity contribution in [1.82, 2.24) is 29.1 Å². The quantitative estimate of drug-likeness (QED) is 0.578. The number of nitrogens with zero attached hydrogens (tertiary/aromatic N) is 6. The maximum Gasteiger partial charge on any atom is 0.233 e. The van der Waals surface area contributed by atoms with Crippen molar-refractivity contribution in [3.05, 3.63) is 72.2 Å². The fraction of sp³-hybridized carbons (Fsp3) is 0.158. The van der Waals surface area contributed by atoms with Crippen molar-refractivity contribution in [3.8, 4) is 11.3 Å². The molecule has 25 heavy (non-hydrogen) atoms. The van der Waals surface area contributed by atoms with Gasteiger partial charge in [0.1, 0.15) is 0 Å². The van der Waals surface area contributed by atoms with Crippen LogP contribution in [0.25, 0.3) is 22.6 Å². The van der Waals surface area contributed by atoms with Crippen LogP contribution in [0.1, 0.15) is 23.7 Å². The van der Waals surface area contributed by atoms with Gasteiger partial charge in [0, 0.05) is 60.4 Å². The van der Waals surface area contributed by atoms with Crippen LogP contribution in [0.15, 0.2) is 55.4 Å². The Hall–Kier alpha value is -3.28. The second-order valence-corrected chi connectivity index (χ2v) is 5.91. The van der Waals surface area contributed by atoms with Gasteiger partial charge in [0.2, 0.25) is 5.78 Å². The predicted molar refractivity (Wildman–Crippen MR) is 96.9 cm³/mol. The highest BCUT2D eigenvalue weighted by Gasteiger charge is 2.12. The van der Waals surface area contributed by atoms with Crippen LogP contribution in [0, 0.1) is 6.92 Å². The molecule has 0 saturated heterocycles. The first-order valence-electron chi connectivity index (χ1n) is 8.08. The van der Waals surface area contributed by atoms with E-state index < -0.39 is 0 Å². The van der Waals surface area contributed by atoms with E-state index in [4.69, 9.17) is 4.98 Å². The maximum absolute atomic E-state index is 4.77. The molecule has 0 saturated carbocycles. The number of aryl methyl sites for hydroxylation is 2. The Kier molecular flexibility index (Phi) is 3.65. The van der Waals surface area contributed by atoms with Gasteiger partial charge in [0.25, 0.3) is 0 Å². The fourth-order valence-corrected chi connectivity index (χ4v) is 2.99. The van der Waals surface area contributed by atoms with Crippen molar-refractivity contribution < 1.29 is 0 Å². The highest BCUT2D eigenvalue weighted by Crippen LogP contribution is 2.27. The van der Waals surface area contributed by atoms with Crippen molar-refractivity contribution in [2.24, 2.45) is 7.05 Å². The molecular formula is C19H18N6. The number of pyridine rings is 1. The van der Waals surface area contributed by atoms with E-state index in [1.807, 2.05) is 62.3 Å². The summed E-state index contributed by atoms with van der Waals surface area (Å²) < 4.78 is 3.70. The molecule has 4 rings (SSSR count). The van der Waals surface area contributed by atoms with E-state index in [0.29, 0.717) is 5.78 Å². The Morgan fingerprint density at radius 1 is 1.12 bits per heavy atom. The summed E-state index contributed by atoms with van der Waals surface area (Å²) in [5, 5.41) is 4.22. The Labute approximate surface area is 145 Å². The van der Waals surface area contributed by atoms with Gasteiger partial charge in [-0.15, -0.1) is 0 Å². The minimum Gasteiger partial charge on any atom is -0.291 e. The van der Waals surface area contributed by atoms with E-state index in [-0.39, 0.29) is 0 Å². The highest BCUT2D eigenvalue weighted by atomic mass is 15.2. The average molecular weight is 330 g/mol. The lowest BCUT2D eigenvalue weighted by atomic mass is 9.98. The first-order chi connectivity index (χ1) is 12.2. The Balaban J connectivity index is 1.76.